The standard InChI is InChI=1S/C17H25ClN2O4S/c1-12-6-5-9-19(11-12)17(21)13(2)20(25(4,22)23)14-7-8-16(24-3)15(18)10-14/h7-8,10,12-13H,5-6,9,11H2,1-4H3/t12-,13-/m0/s1. The fraction of sp³-hybridized carbons (Fsp3) is 0.588. The lowest BCUT2D eigenvalue weighted by molar-refractivity contribution is -0.133. The highest BCUT2D eigenvalue weighted by Crippen LogP contribution is 2.31. The van der Waals surface area contributed by atoms with E-state index in [4.69, 9.17) is 16.3 Å². The number of piperidine rings is 1. The molecule has 2 atom stereocenters. The van der Waals surface area contributed by atoms with Gasteiger partial charge in [0, 0.05) is 13.1 Å². The van der Waals surface area contributed by atoms with Crippen LogP contribution in [0.4, 0.5) is 5.69 Å². The number of halogens is 1. The number of rotatable bonds is 5. The number of hydrogen-bond acceptors (Lipinski definition) is 4. The fourth-order valence-corrected chi connectivity index (χ4v) is 4.66. The molecule has 1 aromatic carbocycles. The highest BCUT2D eigenvalue weighted by molar-refractivity contribution is 7.92. The third-order valence-electron chi connectivity index (χ3n) is 4.42. The number of nitrogens with zero attached hydrogens (tertiary/aromatic N) is 2. The smallest absolute Gasteiger partial charge is 0.246 e. The Morgan fingerprint density at radius 3 is 2.64 bits per heavy atom. The molecule has 1 aromatic rings. The molecule has 0 spiro atoms. The molecule has 1 heterocycles. The van der Waals surface area contributed by atoms with E-state index >= 15 is 0 Å². The molecule has 0 aromatic heterocycles. The van der Waals surface area contributed by atoms with E-state index in [2.05, 4.69) is 6.92 Å². The first-order valence-corrected chi connectivity index (χ1v) is 10.5. The molecule has 25 heavy (non-hydrogen) atoms. The summed E-state index contributed by atoms with van der Waals surface area (Å²) in [6.45, 7) is 5.03. The third-order valence-corrected chi connectivity index (χ3v) is 5.96. The predicted molar refractivity (Wildman–Crippen MR) is 99.8 cm³/mol. The van der Waals surface area contributed by atoms with Crippen molar-refractivity contribution in [2.24, 2.45) is 5.92 Å². The molecule has 0 N–H and O–H groups in total. The molecule has 0 unspecified atom stereocenters. The van der Waals surface area contributed by atoms with E-state index in [0.717, 1.165) is 23.4 Å². The van der Waals surface area contributed by atoms with Crippen LogP contribution in [0.1, 0.15) is 26.7 Å². The van der Waals surface area contributed by atoms with Crippen LogP contribution in [0, 0.1) is 5.92 Å². The second-order valence-corrected chi connectivity index (χ2v) is 8.85. The Balaban J connectivity index is 2.34. The normalized spacial score (nSPS) is 19.4. The minimum absolute atomic E-state index is 0.191. The van der Waals surface area contributed by atoms with Crippen LogP contribution in [0.5, 0.6) is 5.75 Å². The molecular formula is C17H25ClN2O4S. The SMILES string of the molecule is COc1ccc(N([C@@H](C)C(=O)N2CCC[C@H](C)C2)S(C)(=O)=O)cc1Cl. The Morgan fingerprint density at radius 1 is 1.44 bits per heavy atom. The molecule has 8 heteroatoms. The highest BCUT2D eigenvalue weighted by atomic mass is 35.5. The van der Waals surface area contributed by atoms with Gasteiger partial charge in [-0.25, -0.2) is 8.42 Å². The first kappa shape index (κ1) is 19.8. The monoisotopic (exact) mass is 388 g/mol. The summed E-state index contributed by atoms with van der Waals surface area (Å²) < 4.78 is 31.0. The average molecular weight is 389 g/mol. The zero-order valence-electron chi connectivity index (χ0n) is 15.0. The number of sulfonamides is 1. The average Bonchev–Trinajstić information content (AvgIpc) is 2.53. The molecule has 2 rings (SSSR count). The van der Waals surface area contributed by atoms with Crippen molar-refractivity contribution in [3.8, 4) is 5.75 Å². The number of likely N-dealkylation sites (tertiary alicyclic amines) is 1. The minimum Gasteiger partial charge on any atom is -0.495 e. The molecule has 0 bridgehead atoms. The number of amides is 1. The van der Waals surface area contributed by atoms with Crippen LogP contribution in [-0.4, -0.2) is 51.7 Å². The summed E-state index contributed by atoms with van der Waals surface area (Å²) >= 11 is 6.13. The maximum atomic E-state index is 12.9. The van der Waals surface area contributed by atoms with Crippen molar-refractivity contribution < 1.29 is 17.9 Å². The van der Waals surface area contributed by atoms with Crippen molar-refractivity contribution in [3.63, 3.8) is 0 Å². The fourth-order valence-electron chi connectivity index (χ4n) is 3.25. The third kappa shape index (κ3) is 4.58. The van der Waals surface area contributed by atoms with Gasteiger partial charge >= 0.3 is 0 Å². The quantitative estimate of drug-likeness (QED) is 0.777. The summed E-state index contributed by atoms with van der Waals surface area (Å²) in [5, 5.41) is 0.292. The van der Waals surface area contributed by atoms with Gasteiger partial charge in [0.1, 0.15) is 11.8 Å². The molecule has 140 valence electrons. The van der Waals surface area contributed by atoms with Gasteiger partial charge in [-0.05, 0) is 43.9 Å². The summed E-state index contributed by atoms with van der Waals surface area (Å²) in [7, 11) is -2.18. The van der Waals surface area contributed by atoms with E-state index in [9.17, 15) is 13.2 Å². The highest BCUT2D eigenvalue weighted by Gasteiger charge is 2.33. The van der Waals surface area contributed by atoms with E-state index < -0.39 is 16.1 Å². The Labute approximate surface area is 154 Å². The lowest BCUT2D eigenvalue weighted by atomic mass is 10.00. The molecule has 0 radical (unpaired) electrons. The maximum Gasteiger partial charge on any atom is 0.246 e. The number of ether oxygens (including phenoxy) is 1. The van der Waals surface area contributed by atoms with Crippen LogP contribution >= 0.6 is 11.6 Å². The Bertz CT molecular complexity index is 738. The largest absolute Gasteiger partial charge is 0.495 e. The van der Waals surface area contributed by atoms with Crippen LogP contribution in [0.15, 0.2) is 18.2 Å². The van der Waals surface area contributed by atoms with Gasteiger partial charge in [0.15, 0.2) is 0 Å². The molecule has 1 aliphatic heterocycles. The Kier molecular flexibility index (Phi) is 6.21. The second-order valence-electron chi connectivity index (χ2n) is 6.59. The van der Waals surface area contributed by atoms with E-state index in [1.807, 2.05) is 0 Å². The molecule has 1 fully saturated rings. The van der Waals surface area contributed by atoms with Crippen molar-refractivity contribution in [1.29, 1.82) is 0 Å². The summed E-state index contributed by atoms with van der Waals surface area (Å²) in [6.07, 6.45) is 3.11. The van der Waals surface area contributed by atoms with Crippen LogP contribution in [0.2, 0.25) is 5.02 Å². The Morgan fingerprint density at radius 2 is 2.12 bits per heavy atom. The van der Waals surface area contributed by atoms with Crippen LogP contribution in [0.25, 0.3) is 0 Å². The minimum atomic E-state index is -3.66. The number of anilines is 1. The van der Waals surface area contributed by atoms with Crippen molar-refractivity contribution in [2.75, 3.05) is 30.8 Å². The summed E-state index contributed by atoms with van der Waals surface area (Å²) in [4.78, 5) is 14.6. The van der Waals surface area contributed by atoms with Crippen molar-refractivity contribution >= 4 is 33.2 Å². The van der Waals surface area contributed by atoms with Gasteiger partial charge in [-0.15, -0.1) is 0 Å². The zero-order chi connectivity index (χ0) is 18.8. The number of methoxy groups -OCH3 is 1. The molecule has 1 saturated heterocycles. The number of hydrogen-bond donors (Lipinski definition) is 0. The molecular weight excluding hydrogens is 364 g/mol. The summed E-state index contributed by atoms with van der Waals surface area (Å²) in [6, 6.07) is 3.85. The number of carbonyl (C=O) groups excluding carboxylic acids is 1. The number of benzene rings is 1. The van der Waals surface area contributed by atoms with Gasteiger partial charge < -0.3 is 9.64 Å². The summed E-state index contributed by atoms with van der Waals surface area (Å²) in [5.74, 6) is 0.679. The van der Waals surface area contributed by atoms with Crippen LogP contribution in [-0.2, 0) is 14.8 Å². The van der Waals surface area contributed by atoms with Crippen molar-refractivity contribution in [2.45, 2.75) is 32.7 Å². The lowest BCUT2D eigenvalue weighted by Crippen LogP contribution is -2.51. The first-order chi connectivity index (χ1) is 11.6. The predicted octanol–water partition coefficient (Wildman–Crippen LogP) is 2.76. The summed E-state index contributed by atoms with van der Waals surface area (Å²) in [5.41, 5.74) is 0.346. The molecule has 0 aliphatic carbocycles. The van der Waals surface area contributed by atoms with Gasteiger partial charge in [-0.2, -0.15) is 0 Å². The van der Waals surface area contributed by atoms with E-state index in [0.29, 0.717) is 35.5 Å². The van der Waals surface area contributed by atoms with Gasteiger partial charge in [0.05, 0.1) is 24.1 Å². The van der Waals surface area contributed by atoms with Crippen molar-refractivity contribution in [1.82, 2.24) is 4.90 Å². The van der Waals surface area contributed by atoms with Gasteiger partial charge in [0.2, 0.25) is 15.9 Å². The van der Waals surface area contributed by atoms with Gasteiger partial charge in [-0.3, -0.25) is 9.10 Å². The van der Waals surface area contributed by atoms with Crippen LogP contribution in [0.3, 0.4) is 0 Å². The van der Waals surface area contributed by atoms with E-state index in [1.165, 1.54) is 13.2 Å². The van der Waals surface area contributed by atoms with E-state index in [1.54, 1.807) is 24.0 Å². The van der Waals surface area contributed by atoms with E-state index in [-0.39, 0.29) is 5.91 Å². The number of carbonyl (C=O) groups is 1. The topological polar surface area (TPSA) is 66.9 Å². The molecule has 1 aliphatic rings. The molecule has 0 saturated carbocycles. The molecule has 6 nitrogen and oxygen atoms in total. The van der Waals surface area contributed by atoms with Crippen molar-refractivity contribution in [3.05, 3.63) is 23.2 Å². The first-order valence-electron chi connectivity index (χ1n) is 8.27. The second kappa shape index (κ2) is 7.83. The Hall–Kier alpha value is -1.47. The van der Waals surface area contributed by atoms with Gasteiger partial charge in [0.25, 0.3) is 0 Å². The zero-order valence-corrected chi connectivity index (χ0v) is 16.6. The van der Waals surface area contributed by atoms with Gasteiger partial charge in [-0.1, -0.05) is 18.5 Å². The lowest BCUT2D eigenvalue weighted by Gasteiger charge is -2.36. The van der Waals surface area contributed by atoms with Crippen LogP contribution < -0.4 is 9.04 Å². The maximum absolute atomic E-state index is 12.9. The molecule has 1 amide bonds.